The quantitative estimate of drug-likeness (QED) is 0.281. The summed E-state index contributed by atoms with van der Waals surface area (Å²) in [7, 11) is 0. The van der Waals surface area contributed by atoms with Gasteiger partial charge in [-0.15, -0.1) is 22.7 Å². The Kier molecular flexibility index (Phi) is 6.88. The number of thiazole rings is 1. The molecule has 5 aromatic heterocycles. The zero-order valence-corrected chi connectivity index (χ0v) is 21.4. The highest BCUT2D eigenvalue weighted by Crippen LogP contribution is 2.29. The van der Waals surface area contributed by atoms with Crippen LogP contribution in [-0.4, -0.2) is 41.5 Å². The number of hydrogen-bond acceptors (Lipinski definition) is 11. The number of nitriles is 1. The van der Waals surface area contributed by atoms with Crippen molar-refractivity contribution in [1.82, 2.24) is 24.5 Å². The minimum atomic E-state index is -1.30. The summed E-state index contributed by atoms with van der Waals surface area (Å²) in [4.78, 5) is 44.0. The van der Waals surface area contributed by atoms with Crippen molar-refractivity contribution in [2.75, 3.05) is 5.32 Å². The lowest BCUT2D eigenvalue weighted by molar-refractivity contribution is 0.0684. The third kappa shape index (κ3) is 4.73. The average Bonchev–Trinajstić information content (AvgIpc) is 3.70. The molecule has 12 nitrogen and oxygen atoms in total. The molecule has 0 aliphatic carbocycles. The number of pyridine rings is 1. The molecule has 0 spiro atoms. The van der Waals surface area contributed by atoms with Gasteiger partial charge in [0.05, 0.1) is 34.7 Å². The van der Waals surface area contributed by atoms with Crippen LogP contribution < -0.4 is 10.9 Å². The second-order valence-corrected chi connectivity index (χ2v) is 10.4. The van der Waals surface area contributed by atoms with Crippen LogP contribution in [-0.2, 0) is 13.1 Å². The van der Waals surface area contributed by atoms with E-state index in [0.717, 1.165) is 14.1 Å². The summed E-state index contributed by atoms with van der Waals surface area (Å²) < 4.78 is 7.52. The van der Waals surface area contributed by atoms with Crippen molar-refractivity contribution in [3.05, 3.63) is 89.7 Å². The van der Waals surface area contributed by atoms with Crippen molar-refractivity contribution in [3.63, 3.8) is 0 Å². The van der Waals surface area contributed by atoms with E-state index >= 15 is 0 Å². The summed E-state index contributed by atoms with van der Waals surface area (Å²) >= 11 is 8.58. The predicted molar refractivity (Wildman–Crippen MR) is 138 cm³/mol. The van der Waals surface area contributed by atoms with Crippen LogP contribution in [0.15, 0.2) is 57.6 Å². The van der Waals surface area contributed by atoms with E-state index in [-0.39, 0.29) is 47.2 Å². The summed E-state index contributed by atoms with van der Waals surface area (Å²) in [6.07, 6.45) is 2.81. The number of aromatic nitrogens is 5. The second-order valence-electron chi connectivity index (χ2n) is 7.63. The van der Waals surface area contributed by atoms with Crippen molar-refractivity contribution in [3.8, 4) is 17.3 Å². The van der Waals surface area contributed by atoms with Crippen LogP contribution in [0.4, 0.5) is 5.82 Å². The van der Waals surface area contributed by atoms with Crippen LogP contribution >= 0.6 is 34.3 Å². The highest BCUT2D eigenvalue weighted by molar-refractivity contribution is 7.16. The molecular weight excluding hydrogens is 554 g/mol. The normalized spacial score (nSPS) is 10.8. The number of carbonyl (C=O) groups is 2. The van der Waals surface area contributed by atoms with Crippen LogP contribution in [0, 0.1) is 11.3 Å². The number of thiophene rings is 1. The maximum Gasteiger partial charge on any atom is 0.352 e. The molecular formula is C23H14ClN7O5S2. The Labute approximate surface area is 226 Å². The molecule has 15 heteroatoms. The monoisotopic (exact) mass is 567 g/mol. The zero-order chi connectivity index (χ0) is 26.8. The molecule has 5 heterocycles. The van der Waals surface area contributed by atoms with E-state index in [0.29, 0.717) is 9.21 Å². The van der Waals surface area contributed by atoms with Crippen molar-refractivity contribution < 1.29 is 19.2 Å². The van der Waals surface area contributed by atoms with Crippen molar-refractivity contribution >= 4 is 52.0 Å². The molecule has 38 heavy (non-hydrogen) atoms. The van der Waals surface area contributed by atoms with Gasteiger partial charge in [0.2, 0.25) is 5.76 Å². The van der Waals surface area contributed by atoms with Gasteiger partial charge in [-0.05, 0) is 24.3 Å². The first-order valence-electron chi connectivity index (χ1n) is 10.7. The Morgan fingerprint density at radius 2 is 2.05 bits per heavy atom. The van der Waals surface area contributed by atoms with Gasteiger partial charge in [0.1, 0.15) is 23.0 Å². The highest BCUT2D eigenvalue weighted by atomic mass is 35.5. The number of carboxylic acid groups (broad SMARTS) is 1. The minimum Gasteiger partial charge on any atom is -0.477 e. The molecule has 0 aliphatic heterocycles. The van der Waals surface area contributed by atoms with Crippen LogP contribution in [0.25, 0.3) is 11.3 Å². The first-order chi connectivity index (χ1) is 18.4. The Morgan fingerprint density at radius 1 is 1.21 bits per heavy atom. The number of nitrogens with zero attached hydrogens (tertiary/aromatic N) is 6. The molecule has 0 saturated heterocycles. The van der Waals surface area contributed by atoms with Gasteiger partial charge in [0.25, 0.3) is 5.56 Å². The number of aromatic carboxylic acids is 1. The Hall–Kier alpha value is -4.58. The molecule has 0 radical (unpaired) electrons. The standard InChI is InChI=1S/C23H14ClN7O5S2/c24-18-4-1-12(38-18)9-27-20-15(7-25)19(29-31(20)22(33)17-5-6-28-36-17)14-2-3-16(23(34)35)30(21(14)32)10-13-8-26-11-37-13/h1-6,8,11,27H,9-10H2,(H,34,35). The fraction of sp³-hybridized carbons (Fsp3) is 0.0870. The fourth-order valence-electron chi connectivity index (χ4n) is 3.65. The molecule has 0 amide bonds. The molecule has 5 aromatic rings. The molecule has 0 atom stereocenters. The van der Waals surface area contributed by atoms with Crippen molar-refractivity contribution in [2.24, 2.45) is 0 Å². The maximum atomic E-state index is 13.6. The van der Waals surface area contributed by atoms with E-state index < -0.39 is 17.4 Å². The van der Waals surface area contributed by atoms with E-state index in [9.17, 15) is 24.8 Å². The molecule has 0 bridgehead atoms. The van der Waals surface area contributed by atoms with Gasteiger partial charge in [-0.25, -0.2) is 4.79 Å². The number of rotatable bonds is 8. The summed E-state index contributed by atoms with van der Waals surface area (Å²) in [5, 5.41) is 30.6. The molecule has 0 aromatic carbocycles. The molecule has 0 unspecified atom stereocenters. The first kappa shape index (κ1) is 25.1. The van der Waals surface area contributed by atoms with Gasteiger partial charge < -0.3 is 14.9 Å². The van der Waals surface area contributed by atoms with Gasteiger partial charge in [-0.1, -0.05) is 16.8 Å². The lowest BCUT2D eigenvalue weighted by Gasteiger charge is -2.10. The van der Waals surface area contributed by atoms with Crippen molar-refractivity contribution in [1.29, 1.82) is 5.26 Å². The smallest absolute Gasteiger partial charge is 0.352 e. The van der Waals surface area contributed by atoms with Gasteiger partial charge >= 0.3 is 11.9 Å². The summed E-state index contributed by atoms with van der Waals surface area (Å²) in [5.41, 5.74) is 0.340. The third-order valence-corrected chi connectivity index (χ3v) is 7.34. The summed E-state index contributed by atoms with van der Waals surface area (Å²) in [6.45, 7) is 0.150. The minimum absolute atomic E-state index is 0.0177. The Morgan fingerprint density at radius 3 is 2.68 bits per heavy atom. The lowest BCUT2D eigenvalue weighted by Crippen LogP contribution is -2.27. The van der Waals surface area contributed by atoms with Gasteiger partial charge in [0, 0.05) is 22.0 Å². The number of nitrogens with one attached hydrogen (secondary N) is 1. The van der Waals surface area contributed by atoms with Crippen LogP contribution in [0.3, 0.4) is 0 Å². The first-order valence-corrected chi connectivity index (χ1v) is 12.8. The molecule has 2 N–H and O–H groups in total. The van der Waals surface area contributed by atoms with E-state index in [1.165, 1.54) is 53.3 Å². The third-order valence-electron chi connectivity index (χ3n) is 5.34. The Bertz CT molecular complexity index is 1750. The van der Waals surface area contributed by atoms with Crippen molar-refractivity contribution in [2.45, 2.75) is 13.1 Å². The van der Waals surface area contributed by atoms with Crippen LogP contribution in [0.2, 0.25) is 4.34 Å². The summed E-state index contributed by atoms with van der Waals surface area (Å²) in [6, 6.07) is 9.37. The fourth-order valence-corrected chi connectivity index (χ4v) is 5.26. The largest absolute Gasteiger partial charge is 0.477 e. The predicted octanol–water partition coefficient (Wildman–Crippen LogP) is 3.79. The van der Waals surface area contributed by atoms with E-state index in [2.05, 4.69) is 20.6 Å². The van der Waals surface area contributed by atoms with E-state index in [1.54, 1.807) is 17.6 Å². The van der Waals surface area contributed by atoms with Gasteiger partial charge in [0.15, 0.2) is 5.82 Å². The Balaban J connectivity index is 1.66. The number of hydrogen-bond donors (Lipinski definition) is 2. The van der Waals surface area contributed by atoms with E-state index in [4.69, 9.17) is 16.1 Å². The molecule has 190 valence electrons. The second kappa shape index (κ2) is 10.4. The van der Waals surface area contributed by atoms with Gasteiger partial charge in [-0.3, -0.25) is 19.1 Å². The molecule has 5 rings (SSSR count). The van der Waals surface area contributed by atoms with Crippen LogP contribution in [0.1, 0.15) is 36.4 Å². The molecule has 0 fully saturated rings. The van der Waals surface area contributed by atoms with Gasteiger partial charge in [-0.2, -0.15) is 15.0 Å². The van der Waals surface area contributed by atoms with E-state index in [1.807, 2.05) is 6.07 Å². The highest BCUT2D eigenvalue weighted by Gasteiger charge is 2.28. The molecule has 0 saturated carbocycles. The summed E-state index contributed by atoms with van der Waals surface area (Å²) in [5.74, 6) is -2.16. The average molecular weight is 568 g/mol. The number of halogens is 1. The maximum absolute atomic E-state index is 13.6. The zero-order valence-electron chi connectivity index (χ0n) is 19.0. The number of carbonyl (C=O) groups excluding carboxylic acids is 1. The lowest BCUT2D eigenvalue weighted by atomic mass is 10.1. The number of carboxylic acids is 1. The molecule has 0 aliphatic rings. The number of anilines is 1. The SMILES string of the molecule is N#Cc1c(-c2ccc(C(=O)O)n(Cc3cncs3)c2=O)nn(C(=O)c2ccno2)c1NCc1ccc(Cl)s1. The van der Waals surface area contributed by atoms with Crippen LogP contribution in [0.5, 0.6) is 0 Å². The topological polar surface area (TPSA) is 169 Å².